The number of ether oxygens (including phenoxy) is 1. The van der Waals surface area contributed by atoms with Crippen molar-refractivity contribution < 1.29 is 4.74 Å². The summed E-state index contributed by atoms with van der Waals surface area (Å²) in [5, 5.41) is 3.40. The Hall–Kier alpha value is -2.23. The van der Waals surface area contributed by atoms with E-state index in [2.05, 4.69) is 22.4 Å². The summed E-state index contributed by atoms with van der Waals surface area (Å²) in [6, 6.07) is 12.2. The highest BCUT2D eigenvalue weighted by molar-refractivity contribution is 5.74. The Morgan fingerprint density at radius 1 is 1.16 bits per heavy atom. The van der Waals surface area contributed by atoms with E-state index in [0.717, 1.165) is 17.9 Å². The zero-order valence-electron chi connectivity index (χ0n) is 11.6. The Morgan fingerprint density at radius 3 is 2.53 bits per heavy atom. The molecule has 4 heteroatoms. The van der Waals surface area contributed by atoms with Gasteiger partial charge in [-0.05, 0) is 11.6 Å². The van der Waals surface area contributed by atoms with Crippen molar-refractivity contribution in [3.05, 3.63) is 48.2 Å². The molecule has 0 atom stereocenters. The number of rotatable bonds is 5. The van der Waals surface area contributed by atoms with E-state index in [1.165, 1.54) is 5.56 Å². The number of benzene rings is 1. The number of hydrogen-bond acceptors (Lipinski definition) is 4. The van der Waals surface area contributed by atoms with Gasteiger partial charge in [0.1, 0.15) is 5.69 Å². The molecule has 0 aliphatic heterocycles. The minimum Gasteiger partial charge on any atom is -0.479 e. The van der Waals surface area contributed by atoms with Crippen LogP contribution in [-0.2, 0) is 6.54 Å². The molecule has 0 bridgehead atoms. The van der Waals surface area contributed by atoms with Crippen molar-refractivity contribution in [3.63, 3.8) is 0 Å². The molecule has 1 aromatic heterocycles. The van der Waals surface area contributed by atoms with Crippen LogP contribution in [0.25, 0.3) is 0 Å². The fraction of sp³-hybridized carbons (Fsp3) is 0.267. The predicted molar refractivity (Wildman–Crippen MR) is 78.9 cm³/mol. The zero-order chi connectivity index (χ0) is 13.7. The highest BCUT2D eigenvalue weighted by Gasteiger charge is 2.11. The van der Waals surface area contributed by atoms with Crippen LogP contribution in [-0.4, -0.2) is 26.2 Å². The third-order valence-corrected chi connectivity index (χ3v) is 2.88. The number of hydrogen-bond donors (Lipinski definition) is 1. The van der Waals surface area contributed by atoms with E-state index in [1.807, 2.05) is 43.3 Å². The molecule has 0 spiro atoms. The topological polar surface area (TPSA) is 37.4 Å². The maximum atomic E-state index is 5.32. The molecule has 0 unspecified atom stereocenters. The first-order chi connectivity index (χ1) is 9.22. The Bertz CT molecular complexity index is 526. The Morgan fingerprint density at radius 2 is 1.89 bits per heavy atom. The number of methoxy groups -OCH3 is 1. The van der Waals surface area contributed by atoms with Crippen LogP contribution in [0.2, 0.25) is 0 Å². The lowest BCUT2D eigenvalue weighted by Crippen LogP contribution is -2.13. The van der Waals surface area contributed by atoms with E-state index >= 15 is 0 Å². The minimum absolute atomic E-state index is 0.613. The number of anilines is 2. The smallest absolute Gasteiger partial charge is 0.239 e. The highest BCUT2D eigenvalue weighted by Crippen LogP contribution is 2.32. The summed E-state index contributed by atoms with van der Waals surface area (Å²) in [6.45, 7) is 0.740. The van der Waals surface area contributed by atoms with Crippen LogP contribution in [0.5, 0.6) is 5.88 Å². The van der Waals surface area contributed by atoms with Gasteiger partial charge < -0.3 is 15.0 Å². The minimum atomic E-state index is 0.613. The second-order valence-corrected chi connectivity index (χ2v) is 4.45. The Kier molecular flexibility index (Phi) is 4.23. The molecule has 100 valence electrons. The molecule has 19 heavy (non-hydrogen) atoms. The summed E-state index contributed by atoms with van der Waals surface area (Å²) in [6.07, 6.45) is 1.75. The van der Waals surface area contributed by atoms with Gasteiger partial charge in [0, 0.05) is 26.8 Å². The predicted octanol–water partition coefficient (Wildman–Crippen LogP) is 2.77. The Balaban J connectivity index is 2.23. The molecule has 0 radical (unpaired) electrons. The summed E-state index contributed by atoms with van der Waals surface area (Å²) in [5.41, 5.74) is 3.19. The molecule has 2 rings (SSSR count). The monoisotopic (exact) mass is 257 g/mol. The maximum Gasteiger partial charge on any atom is 0.239 e. The van der Waals surface area contributed by atoms with Crippen molar-refractivity contribution >= 4 is 11.4 Å². The van der Waals surface area contributed by atoms with Gasteiger partial charge in [0.25, 0.3) is 0 Å². The lowest BCUT2D eigenvalue weighted by Gasteiger charge is -2.20. The van der Waals surface area contributed by atoms with Gasteiger partial charge in [-0.2, -0.15) is 0 Å². The lowest BCUT2D eigenvalue weighted by atomic mass is 10.2. The van der Waals surface area contributed by atoms with Gasteiger partial charge in [-0.3, -0.25) is 0 Å². The van der Waals surface area contributed by atoms with E-state index in [9.17, 15) is 0 Å². The van der Waals surface area contributed by atoms with Crippen molar-refractivity contribution in [2.45, 2.75) is 6.54 Å². The highest BCUT2D eigenvalue weighted by atomic mass is 16.5. The molecular weight excluding hydrogens is 238 g/mol. The number of nitrogens with one attached hydrogen (secondary N) is 1. The van der Waals surface area contributed by atoms with E-state index in [1.54, 1.807) is 13.3 Å². The molecule has 2 aromatic rings. The van der Waals surface area contributed by atoms with Gasteiger partial charge >= 0.3 is 0 Å². The molecule has 1 aromatic carbocycles. The molecule has 4 nitrogen and oxygen atoms in total. The van der Waals surface area contributed by atoms with Crippen molar-refractivity contribution in [1.82, 2.24) is 4.98 Å². The van der Waals surface area contributed by atoms with Crippen LogP contribution in [0.3, 0.4) is 0 Å². The van der Waals surface area contributed by atoms with Crippen molar-refractivity contribution in [2.24, 2.45) is 0 Å². The van der Waals surface area contributed by atoms with Gasteiger partial charge in [-0.15, -0.1) is 0 Å². The van der Waals surface area contributed by atoms with Gasteiger partial charge in [0.05, 0.1) is 12.8 Å². The molecule has 1 N–H and O–H groups in total. The average Bonchev–Trinajstić information content (AvgIpc) is 2.45. The first kappa shape index (κ1) is 13.2. The van der Waals surface area contributed by atoms with Crippen LogP contribution in [0.1, 0.15) is 5.56 Å². The molecule has 0 saturated carbocycles. The molecule has 0 amide bonds. The van der Waals surface area contributed by atoms with Crippen LogP contribution >= 0.6 is 0 Å². The summed E-state index contributed by atoms with van der Waals surface area (Å²) >= 11 is 0. The molecule has 1 heterocycles. The number of nitrogens with zero attached hydrogens (tertiary/aromatic N) is 2. The third-order valence-electron chi connectivity index (χ3n) is 2.88. The van der Waals surface area contributed by atoms with Crippen molar-refractivity contribution in [1.29, 1.82) is 0 Å². The number of pyridine rings is 1. The average molecular weight is 257 g/mol. The zero-order valence-corrected chi connectivity index (χ0v) is 11.6. The lowest BCUT2D eigenvalue weighted by molar-refractivity contribution is 0.400. The standard InChI is InChI=1S/C15H19N3O/c1-18(2)13-9-10-16-15(19-3)14(13)17-11-12-7-5-4-6-8-12/h4-10,17H,11H2,1-3H3. The van der Waals surface area contributed by atoms with Crippen LogP contribution in [0, 0.1) is 0 Å². The van der Waals surface area contributed by atoms with Crippen molar-refractivity contribution in [2.75, 3.05) is 31.4 Å². The second-order valence-electron chi connectivity index (χ2n) is 4.45. The normalized spacial score (nSPS) is 10.1. The van der Waals surface area contributed by atoms with Gasteiger partial charge in [-0.25, -0.2) is 4.98 Å². The summed E-state index contributed by atoms with van der Waals surface area (Å²) in [7, 11) is 5.64. The number of aromatic nitrogens is 1. The van der Waals surface area contributed by atoms with E-state index in [4.69, 9.17) is 4.74 Å². The molecule has 0 aliphatic carbocycles. The SMILES string of the molecule is COc1nccc(N(C)C)c1NCc1ccccc1. The second kappa shape index (κ2) is 6.09. The molecule has 0 saturated heterocycles. The largest absolute Gasteiger partial charge is 0.479 e. The summed E-state index contributed by atoms with van der Waals surface area (Å²) < 4.78 is 5.32. The van der Waals surface area contributed by atoms with E-state index in [0.29, 0.717) is 5.88 Å². The van der Waals surface area contributed by atoms with E-state index < -0.39 is 0 Å². The third kappa shape index (κ3) is 3.16. The first-order valence-electron chi connectivity index (χ1n) is 6.20. The summed E-state index contributed by atoms with van der Waals surface area (Å²) in [5.74, 6) is 0.613. The quantitative estimate of drug-likeness (QED) is 0.893. The molecule has 0 fully saturated rings. The van der Waals surface area contributed by atoms with Gasteiger partial charge in [0.2, 0.25) is 5.88 Å². The fourth-order valence-corrected chi connectivity index (χ4v) is 1.91. The van der Waals surface area contributed by atoms with Crippen LogP contribution in [0.15, 0.2) is 42.6 Å². The maximum absolute atomic E-state index is 5.32. The van der Waals surface area contributed by atoms with E-state index in [-0.39, 0.29) is 0 Å². The van der Waals surface area contributed by atoms with Gasteiger partial charge in [0.15, 0.2) is 0 Å². The Labute approximate surface area is 114 Å². The first-order valence-corrected chi connectivity index (χ1v) is 6.20. The summed E-state index contributed by atoms with van der Waals surface area (Å²) in [4.78, 5) is 6.28. The molecular formula is C15H19N3O. The van der Waals surface area contributed by atoms with Gasteiger partial charge in [-0.1, -0.05) is 30.3 Å². The molecule has 0 aliphatic rings. The fourth-order valence-electron chi connectivity index (χ4n) is 1.91. The van der Waals surface area contributed by atoms with Crippen LogP contribution in [0.4, 0.5) is 11.4 Å². The van der Waals surface area contributed by atoms with Crippen molar-refractivity contribution in [3.8, 4) is 5.88 Å². The van der Waals surface area contributed by atoms with Crippen LogP contribution < -0.4 is 15.0 Å².